The Morgan fingerprint density at radius 3 is 2.64 bits per heavy atom. The molecule has 1 aliphatic rings. The Morgan fingerprint density at radius 1 is 1.55 bits per heavy atom. The van der Waals surface area contributed by atoms with Crippen molar-refractivity contribution < 1.29 is 10.2 Å². The Hall–Kier alpha value is -0.340. The Labute approximate surface area is 67.6 Å². The Morgan fingerprint density at radius 2 is 2.18 bits per heavy atom. The highest BCUT2D eigenvalue weighted by Crippen LogP contribution is 2.31. The highest BCUT2D eigenvalue weighted by Gasteiger charge is 2.26. The molecule has 0 heterocycles. The van der Waals surface area contributed by atoms with E-state index in [0.717, 1.165) is 24.0 Å². The van der Waals surface area contributed by atoms with Gasteiger partial charge in [-0.15, -0.1) is 0 Å². The van der Waals surface area contributed by atoms with Gasteiger partial charge in [0, 0.05) is 0 Å². The first-order valence-corrected chi connectivity index (χ1v) is 4.06. The van der Waals surface area contributed by atoms with Gasteiger partial charge in [0.1, 0.15) is 0 Å². The fraction of sp³-hybridized carbons (Fsp3) is 0.778. The Kier molecular flexibility index (Phi) is 2.35. The van der Waals surface area contributed by atoms with Crippen LogP contribution in [0.3, 0.4) is 0 Å². The van der Waals surface area contributed by atoms with E-state index in [4.69, 9.17) is 5.11 Å². The molecule has 0 aromatic rings. The van der Waals surface area contributed by atoms with Crippen LogP contribution in [0, 0.1) is 0 Å². The van der Waals surface area contributed by atoms with Crippen LogP contribution in [0.2, 0.25) is 0 Å². The molecule has 0 saturated carbocycles. The quantitative estimate of drug-likeness (QED) is 0.560. The summed E-state index contributed by atoms with van der Waals surface area (Å²) in [7, 11) is 0. The summed E-state index contributed by atoms with van der Waals surface area (Å²) in [4.78, 5) is 0. The van der Waals surface area contributed by atoms with Gasteiger partial charge in [-0.05, 0) is 38.7 Å². The molecule has 2 nitrogen and oxygen atoms in total. The van der Waals surface area contributed by atoms with Crippen molar-refractivity contribution in [2.75, 3.05) is 6.61 Å². The van der Waals surface area contributed by atoms with E-state index in [2.05, 4.69) is 0 Å². The Balaban J connectivity index is 2.71. The van der Waals surface area contributed by atoms with Crippen LogP contribution in [0.4, 0.5) is 0 Å². The van der Waals surface area contributed by atoms with Crippen LogP contribution in [0.15, 0.2) is 11.1 Å². The third-order valence-corrected chi connectivity index (χ3v) is 2.41. The van der Waals surface area contributed by atoms with E-state index in [1.807, 2.05) is 13.8 Å². The highest BCUT2D eigenvalue weighted by molar-refractivity contribution is 5.18. The molecule has 2 N–H and O–H groups in total. The molecular weight excluding hydrogens is 140 g/mol. The molecule has 0 aliphatic heterocycles. The second kappa shape index (κ2) is 2.95. The lowest BCUT2D eigenvalue weighted by molar-refractivity contribution is 0.0445. The van der Waals surface area contributed by atoms with Gasteiger partial charge in [-0.3, -0.25) is 0 Å². The SMILES string of the molecule is CC1=C(CO)CCC(C)(O)C1. The average molecular weight is 156 g/mol. The summed E-state index contributed by atoms with van der Waals surface area (Å²) < 4.78 is 0. The summed E-state index contributed by atoms with van der Waals surface area (Å²) in [5.74, 6) is 0. The number of aliphatic hydroxyl groups is 2. The van der Waals surface area contributed by atoms with Crippen LogP contribution in [-0.2, 0) is 0 Å². The normalized spacial score (nSPS) is 32.7. The number of rotatable bonds is 1. The summed E-state index contributed by atoms with van der Waals surface area (Å²) >= 11 is 0. The van der Waals surface area contributed by atoms with Crippen LogP contribution in [0.25, 0.3) is 0 Å². The van der Waals surface area contributed by atoms with Gasteiger partial charge in [-0.25, -0.2) is 0 Å². The molecule has 1 aliphatic carbocycles. The summed E-state index contributed by atoms with van der Waals surface area (Å²) in [6.45, 7) is 3.99. The fourth-order valence-electron chi connectivity index (χ4n) is 1.63. The maximum Gasteiger partial charge on any atom is 0.0659 e. The molecule has 0 radical (unpaired) electrons. The van der Waals surface area contributed by atoms with Gasteiger partial charge in [0.05, 0.1) is 12.2 Å². The maximum absolute atomic E-state index is 9.64. The second-order valence-corrected chi connectivity index (χ2v) is 3.72. The van der Waals surface area contributed by atoms with Gasteiger partial charge in [0.15, 0.2) is 0 Å². The second-order valence-electron chi connectivity index (χ2n) is 3.72. The van der Waals surface area contributed by atoms with Gasteiger partial charge in [0.2, 0.25) is 0 Å². The predicted molar refractivity (Wildman–Crippen MR) is 44.3 cm³/mol. The van der Waals surface area contributed by atoms with Crippen molar-refractivity contribution in [3.63, 3.8) is 0 Å². The van der Waals surface area contributed by atoms with Crippen molar-refractivity contribution in [2.45, 2.75) is 38.7 Å². The molecule has 11 heavy (non-hydrogen) atoms. The monoisotopic (exact) mass is 156 g/mol. The van der Waals surface area contributed by atoms with E-state index in [0.29, 0.717) is 6.42 Å². The standard InChI is InChI=1S/C9H16O2/c1-7-5-9(2,11)4-3-8(7)6-10/h10-11H,3-6H2,1-2H3. The zero-order valence-electron chi connectivity index (χ0n) is 7.22. The minimum Gasteiger partial charge on any atom is -0.392 e. The van der Waals surface area contributed by atoms with Gasteiger partial charge < -0.3 is 10.2 Å². The van der Waals surface area contributed by atoms with Crippen molar-refractivity contribution in [2.24, 2.45) is 0 Å². The predicted octanol–water partition coefficient (Wildman–Crippen LogP) is 1.23. The number of hydrogen-bond donors (Lipinski definition) is 2. The highest BCUT2D eigenvalue weighted by atomic mass is 16.3. The van der Waals surface area contributed by atoms with Crippen molar-refractivity contribution in [3.8, 4) is 0 Å². The van der Waals surface area contributed by atoms with Crippen molar-refractivity contribution >= 4 is 0 Å². The molecule has 0 spiro atoms. The summed E-state index contributed by atoms with van der Waals surface area (Å²) in [6, 6.07) is 0. The van der Waals surface area contributed by atoms with E-state index >= 15 is 0 Å². The summed E-state index contributed by atoms with van der Waals surface area (Å²) in [5, 5.41) is 18.5. The molecule has 0 aromatic carbocycles. The van der Waals surface area contributed by atoms with Gasteiger partial charge in [0.25, 0.3) is 0 Å². The van der Waals surface area contributed by atoms with Crippen molar-refractivity contribution in [1.29, 1.82) is 0 Å². The number of aliphatic hydroxyl groups excluding tert-OH is 1. The largest absolute Gasteiger partial charge is 0.392 e. The van der Waals surface area contributed by atoms with Crippen molar-refractivity contribution in [3.05, 3.63) is 11.1 Å². The van der Waals surface area contributed by atoms with Crippen LogP contribution in [0.1, 0.15) is 33.1 Å². The van der Waals surface area contributed by atoms with Crippen LogP contribution >= 0.6 is 0 Å². The molecule has 1 unspecified atom stereocenters. The minimum atomic E-state index is -0.539. The zero-order chi connectivity index (χ0) is 8.48. The molecule has 0 saturated heterocycles. The first kappa shape index (κ1) is 8.75. The first-order valence-electron chi connectivity index (χ1n) is 4.06. The average Bonchev–Trinajstić information content (AvgIpc) is 1.86. The van der Waals surface area contributed by atoms with Gasteiger partial charge >= 0.3 is 0 Å². The van der Waals surface area contributed by atoms with E-state index < -0.39 is 5.60 Å². The van der Waals surface area contributed by atoms with E-state index in [1.54, 1.807) is 0 Å². The smallest absolute Gasteiger partial charge is 0.0659 e. The molecular formula is C9H16O2. The Bertz CT molecular complexity index is 180. The third kappa shape index (κ3) is 2.04. The molecule has 64 valence electrons. The topological polar surface area (TPSA) is 40.5 Å². The summed E-state index contributed by atoms with van der Waals surface area (Å²) in [5.41, 5.74) is 1.73. The van der Waals surface area contributed by atoms with Gasteiger partial charge in [-0.2, -0.15) is 0 Å². The van der Waals surface area contributed by atoms with E-state index in [9.17, 15) is 5.11 Å². The van der Waals surface area contributed by atoms with E-state index in [-0.39, 0.29) is 6.61 Å². The van der Waals surface area contributed by atoms with Crippen LogP contribution in [-0.4, -0.2) is 22.4 Å². The molecule has 0 amide bonds. The molecule has 1 rings (SSSR count). The lowest BCUT2D eigenvalue weighted by Gasteiger charge is -2.30. The molecule has 0 bridgehead atoms. The van der Waals surface area contributed by atoms with Crippen LogP contribution < -0.4 is 0 Å². The molecule has 0 fully saturated rings. The maximum atomic E-state index is 9.64. The number of hydrogen-bond acceptors (Lipinski definition) is 2. The molecule has 0 aromatic heterocycles. The lowest BCUT2D eigenvalue weighted by Crippen LogP contribution is -2.28. The molecule has 2 heteroatoms. The lowest BCUT2D eigenvalue weighted by atomic mass is 9.82. The molecule has 1 atom stereocenters. The third-order valence-electron chi connectivity index (χ3n) is 2.41. The zero-order valence-corrected chi connectivity index (χ0v) is 7.22. The first-order chi connectivity index (χ1) is 5.05. The van der Waals surface area contributed by atoms with Crippen molar-refractivity contribution in [1.82, 2.24) is 0 Å². The van der Waals surface area contributed by atoms with Gasteiger partial charge in [-0.1, -0.05) is 5.57 Å². The van der Waals surface area contributed by atoms with Crippen LogP contribution in [0.5, 0.6) is 0 Å². The minimum absolute atomic E-state index is 0.155. The fourth-order valence-corrected chi connectivity index (χ4v) is 1.63. The summed E-state index contributed by atoms with van der Waals surface area (Å²) in [6.07, 6.45) is 2.33. The van der Waals surface area contributed by atoms with E-state index in [1.165, 1.54) is 0 Å².